The molecule has 0 fully saturated rings. The first-order chi connectivity index (χ1) is 10.3. The van der Waals surface area contributed by atoms with E-state index in [0.717, 1.165) is 22.0 Å². The Morgan fingerprint density at radius 2 is 1.62 bits per heavy atom. The van der Waals surface area contributed by atoms with Crippen LogP contribution in [-0.2, 0) is 0 Å². The summed E-state index contributed by atoms with van der Waals surface area (Å²) in [7, 11) is 0. The summed E-state index contributed by atoms with van der Waals surface area (Å²) in [6.45, 7) is 3.77. The van der Waals surface area contributed by atoms with Crippen molar-refractivity contribution in [2.45, 2.75) is 0 Å². The van der Waals surface area contributed by atoms with Gasteiger partial charge in [-0.2, -0.15) is 0 Å². The van der Waals surface area contributed by atoms with Crippen molar-refractivity contribution in [2.75, 3.05) is 5.32 Å². The number of hydrogen-bond acceptors (Lipinski definition) is 1. The molecule has 2 nitrogen and oxygen atoms in total. The number of carbonyl (C=O) groups is 1. The zero-order chi connectivity index (χ0) is 14.7. The lowest BCUT2D eigenvalue weighted by molar-refractivity contribution is 0.102. The number of nitrogens with one attached hydrogen (secondary N) is 1. The van der Waals surface area contributed by atoms with E-state index >= 15 is 0 Å². The van der Waals surface area contributed by atoms with Crippen molar-refractivity contribution in [2.24, 2.45) is 0 Å². The van der Waals surface area contributed by atoms with Gasteiger partial charge in [0.15, 0.2) is 0 Å². The minimum absolute atomic E-state index is 0.110. The van der Waals surface area contributed by atoms with Crippen LogP contribution in [0.15, 0.2) is 73.3 Å². The average molecular weight is 273 g/mol. The molecule has 3 aromatic carbocycles. The lowest BCUT2D eigenvalue weighted by Gasteiger charge is -2.10. The molecule has 0 aliphatic heterocycles. The Kier molecular flexibility index (Phi) is 3.52. The van der Waals surface area contributed by atoms with E-state index in [2.05, 4.69) is 11.9 Å². The molecule has 0 aliphatic rings. The fraction of sp³-hybridized carbons (Fsp3) is 0. The second kappa shape index (κ2) is 5.63. The molecule has 0 aromatic heterocycles. The summed E-state index contributed by atoms with van der Waals surface area (Å²) in [5.41, 5.74) is 2.35. The molecule has 1 amide bonds. The Labute approximate surface area is 123 Å². The number of hydrogen-bond donors (Lipinski definition) is 1. The minimum Gasteiger partial charge on any atom is -0.321 e. The molecule has 0 atom stereocenters. The average Bonchev–Trinajstić information content (AvgIpc) is 2.54. The molecule has 3 rings (SSSR count). The van der Waals surface area contributed by atoms with Gasteiger partial charge in [0.05, 0.1) is 0 Å². The molecule has 21 heavy (non-hydrogen) atoms. The quantitative estimate of drug-likeness (QED) is 0.734. The molecule has 0 spiro atoms. The highest BCUT2D eigenvalue weighted by Gasteiger charge is 2.10. The number of benzene rings is 3. The number of amides is 1. The fourth-order valence-corrected chi connectivity index (χ4v) is 2.40. The van der Waals surface area contributed by atoms with Gasteiger partial charge in [0.2, 0.25) is 0 Å². The van der Waals surface area contributed by atoms with Crippen molar-refractivity contribution in [1.82, 2.24) is 0 Å². The molecule has 102 valence electrons. The fourth-order valence-electron chi connectivity index (χ4n) is 2.40. The monoisotopic (exact) mass is 273 g/mol. The van der Waals surface area contributed by atoms with Gasteiger partial charge in [-0.05, 0) is 28.5 Å². The first-order valence-electron chi connectivity index (χ1n) is 6.80. The number of anilines is 1. The number of fused-ring (bicyclic) bond motifs is 1. The summed E-state index contributed by atoms with van der Waals surface area (Å²) < 4.78 is 0. The molecule has 3 aromatic rings. The van der Waals surface area contributed by atoms with Gasteiger partial charge in [-0.25, -0.2) is 0 Å². The standard InChI is InChI=1S/C19H15NO/c1-2-14-8-4-6-13-18(14)20-19(21)17-12-7-10-15-9-3-5-11-16(15)17/h2-13H,1H2,(H,20,21). The predicted octanol–water partition coefficient (Wildman–Crippen LogP) is 4.74. The Bertz CT molecular complexity index is 815. The van der Waals surface area contributed by atoms with E-state index in [1.165, 1.54) is 0 Å². The van der Waals surface area contributed by atoms with Gasteiger partial charge in [0.1, 0.15) is 0 Å². The summed E-state index contributed by atoms with van der Waals surface area (Å²) in [6.07, 6.45) is 1.73. The third kappa shape index (κ3) is 2.56. The maximum absolute atomic E-state index is 12.6. The number of para-hydroxylation sites is 1. The van der Waals surface area contributed by atoms with Gasteiger partial charge in [0, 0.05) is 11.3 Å². The van der Waals surface area contributed by atoms with Crippen molar-refractivity contribution < 1.29 is 4.79 Å². The maximum Gasteiger partial charge on any atom is 0.256 e. The van der Waals surface area contributed by atoms with Crippen LogP contribution in [0, 0.1) is 0 Å². The summed E-state index contributed by atoms with van der Waals surface area (Å²) in [6, 6.07) is 21.2. The zero-order valence-corrected chi connectivity index (χ0v) is 11.5. The minimum atomic E-state index is -0.110. The van der Waals surface area contributed by atoms with Crippen LogP contribution in [0.1, 0.15) is 15.9 Å². The summed E-state index contributed by atoms with van der Waals surface area (Å²) in [5, 5.41) is 4.97. The van der Waals surface area contributed by atoms with Crippen LogP contribution >= 0.6 is 0 Å². The molecule has 0 bridgehead atoms. The van der Waals surface area contributed by atoms with Gasteiger partial charge < -0.3 is 5.32 Å². The Morgan fingerprint density at radius 1 is 0.905 bits per heavy atom. The predicted molar refractivity (Wildman–Crippen MR) is 88.4 cm³/mol. The van der Waals surface area contributed by atoms with Gasteiger partial charge in [-0.15, -0.1) is 0 Å². The van der Waals surface area contributed by atoms with E-state index in [-0.39, 0.29) is 5.91 Å². The van der Waals surface area contributed by atoms with Gasteiger partial charge >= 0.3 is 0 Å². The normalized spacial score (nSPS) is 10.3. The SMILES string of the molecule is C=Cc1ccccc1NC(=O)c1cccc2ccccc12. The van der Waals surface area contributed by atoms with E-state index in [4.69, 9.17) is 0 Å². The largest absolute Gasteiger partial charge is 0.321 e. The van der Waals surface area contributed by atoms with Crippen molar-refractivity contribution in [3.8, 4) is 0 Å². The molecule has 0 saturated heterocycles. The first kappa shape index (κ1) is 13.1. The second-order valence-electron chi connectivity index (χ2n) is 4.77. The lowest BCUT2D eigenvalue weighted by Crippen LogP contribution is -2.13. The number of carbonyl (C=O) groups excluding carboxylic acids is 1. The number of rotatable bonds is 3. The van der Waals surface area contributed by atoms with Crippen LogP contribution in [0.4, 0.5) is 5.69 Å². The Balaban J connectivity index is 2.00. The smallest absolute Gasteiger partial charge is 0.256 e. The van der Waals surface area contributed by atoms with Crippen LogP contribution in [0.3, 0.4) is 0 Å². The van der Waals surface area contributed by atoms with Crippen LogP contribution in [-0.4, -0.2) is 5.91 Å². The molecule has 0 saturated carbocycles. The van der Waals surface area contributed by atoms with Crippen LogP contribution in [0.2, 0.25) is 0 Å². The van der Waals surface area contributed by atoms with Crippen LogP contribution in [0.5, 0.6) is 0 Å². The molecule has 0 heterocycles. The van der Waals surface area contributed by atoms with Crippen molar-refractivity contribution in [3.05, 3.63) is 84.4 Å². The molecule has 0 unspecified atom stereocenters. The second-order valence-corrected chi connectivity index (χ2v) is 4.77. The van der Waals surface area contributed by atoms with E-state index in [9.17, 15) is 4.79 Å². The summed E-state index contributed by atoms with van der Waals surface area (Å²) in [4.78, 5) is 12.6. The van der Waals surface area contributed by atoms with Crippen molar-refractivity contribution >= 4 is 28.4 Å². The topological polar surface area (TPSA) is 29.1 Å². The highest BCUT2D eigenvalue weighted by Crippen LogP contribution is 2.21. The zero-order valence-electron chi connectivity index (χ0n) is 11.5. The third-order valence-electron chi connectivity index (χ3n) is 3.46. The van der Waals surface area contributed by atoms with Crippen molar-refractivity contribution in [1.29, 1.82) is 0 Å². The Hall–Kier alpha value is -2.87. The summed E-state index contributed by atoms with van der Waals surface area (Å²) in [5.74, 6) is -0.110. The van der Waals surface area contributed by atoms with E-state index in [1.54, 1.807) is 6.08 Å². The van der Waals surface area contributed by atoms with Crippen LogP contribution < -0.4 is 5.32 Å². The van der Waals surface area contributed by atoms with Gasteiger partial charge in [0.25, 0.3) is 5.91 Å². The van der Waals surface area contributed by atoms with Crippen LogP contribution in [0.25, 0.3) is 16.8 Å². The molecule has 0 radical (unpaired) electrons. The van der Waals surface area contributed by atoms with Gasteiger partial charge in [-0.3, -0.25) is 4.79 Å². The Morgan fingerprint density at radius 3 is 2.48 bits per heavy atom. The van der Waals surface area contributed by atoms with E-state index < -0.39 is 0 Å². The highest BCUT2D eigenvalue weighted by molar-refractivity contribution is 6.13. The molecular formula is C19H15NO. The summed E-state index contributed by atoms with van der Waals surface area (Å²) >= 11 is 0. The molecule has 0 aliphatic carbocycles. The maximum atomic E-state index is 12.6. The van der Waals surface area contributed by atoms with E-state index in [0.29, 0.717) is 5.56 Å². The molecule has 2 heteroatoms. The molecular weight excluding hydrogens is 258 g/mol. The van der Waals surface area contributed by atoms with Gasteiger partial charge in [-0.1, -0.05) is 67.3 Å². The first-order valence-corrected chi connectivity index (χ1v) is 6.80. The lowest BCUT2D eigenvalue weighted by atomic mass is 10.0. The third-order valence-corrected chi connectivity index (χ3v) is 3.46. The molecule has 1 N–H and O–H groups in total. The van der Waals surface area contributed by atoms with Crippen molar-refractivity contribution in [3.63, 3.8) is 0 Å². The highest BCUT2D eigenvalue weighted by atomic mass is 16.1. The van der Waals surface area contributed by atoms with E-state index in [1.807, 2.05) is 66.7 Å².